The Morgan fingerprint density at radius 3 is 2.80 bits per heavy atom. The van der Waals surface area contributed by atoms with E-state index < -0.39 is 0 Å². The van der Waals surface area contributed by atoms with Gasteiger partial charge in [0.05, 0.1) is 18.8 Å². The maximum Gasteiger partial charge on any atom is 0.165 e. The smallest absolute Gasteiger partial charge is 0.165 e. The fourth-order valence-corrected chi connectivity index (χ4v) is 2.09. The van der Waals surface area contributed by atoms with Gasteiger partial charge in [-0.2, -0.15) is 0 Å². The number of halogens is 1. The molecule has 4 nitrogen and oxygen atoms in total. The van der Waals surface area contributed by atoms with E-state index in [0.29, 0.717) is 6.42 Å². The summed E-state index contributed by atoms with van der Waals surface area (Å²) in [4.78, 5) is 8.38. The molecule has 2 rings (SSSR count). The van der Waals surface area contributed by atoms with Crippen LogP contribution in [0.5, 0.6) is 5.75 Å². The maximum atomic E-state index is 13.7. The van der Waals surface area contributed by atoms with Crippen molar-refractivity contribution in [3.63, 3.8) is 0 Å². The third-order valence-electron chi connectivity index (χ3n) is 3.05. The van der Waals surface area contributed by atoms with Gasteiger partial charge in [0.15, 0.2) is 11.6 Å². The number of hydrogen-bond acceptors (Lipinski definition) is 4. The monoisotopic (exact) mass is 275 g/mol. The highest BCUT2D eigenvalue weighted by atomic mass is 19.1. The predicted molar refractivity (Wildman–Crippen MR) is 75.1 cm³/mol. The van der Waals surface area contributed by atoms with E-state index in [9.17, 15) is 4.39 Å². The van der Waals surface area contributed by atoms with Crippen LogP contribution >= 0.6 is 0 Å². The molecule has 0 bridgehead atoms. The Balaban J connectivity index is 2.18. The van der Waals surface area contributed by atoms with Crippen molar-refractivity contribution in [1.29, 1.82) is 0 Å². The first-order chi connectivity index (χ1) is 9.74. The summed E-state index contributed by atoms with van der Waals surface area (Å²) in [6.45, 7) is 2.83. The molecule has 0 aliphatic carbocycles. The van der Waals surface area contributed by atoms with Crippen LogP contribution in [0.2, 0.25) is 0 Å². The molecule has 1 heterocycles. The van der Waals surface area contributed by atoms with Crippen LogP contribution in [0.3, 0.4) is 0 Å². The normalized spacial score (nSPS) is 12.2. The van der Waals surface area contributed by atoms with Crippen LogP contribution < -0.4 is 10.1 Å². The molecular weight excluding hydrogens is 257 g/mol. The Morgan fingerprint density at radius 1 is 1.35 bits per heavy atom. The number of nitrogens with zero attached hydrogens (tertiary/aromatic N) is 2. The standard InChI is InChI=1S/C15H18FN3O/c1-3-18-13(14-10-17-6-7-19-14)9-11-4-5-15(20-2)12(16)8-11/h4-8,10,13,18H,3,9H2,1-2H3. The molecule has 0 radical (unpaired) electrons. The van der Waals surface area contributed by atoms with Gasteiger partial charge < -0.3 is 10.1 Å². The van der Waals surface area contributed by atoms with Crippen molar-refractivity contribution in [1.82, 2.24) is 15.3 Å². The first-order valence-electron chi connectivity index (χ1n) is 6.56. The molecule has 0 aliphatic heterocycles. The number of methoxy groups -OCH3 is 1. The van der Waals surface area contributed by atoms with Crippen molar-refractivity contribution in [2.75, 3.05) is 13.7 Å². The summed E-state index contributed by atoms with van der Waals surface area (Å²) >= 11 is 0. The van der Waals surface area contributed by atoms with E-state index in [1.54, 1.807) is 24.7 Å². The molecule has 2 aromatic rings. The van der Waals surface area contributed by atoms with Gasteiger partial charge in [-0.1, -0.05) is 13.0 Å². The molecule has 1 unspecified atom stereocenters. The average molecular weight is 275 g/mol. The summed E-state index contributed by atoms with van der Waals surface area (Å²) in [5.41, 5.74) is 1.74. The lowest BCUT2D eigenvalue weighted by molar-refractivity contribution is 0.386. The van der Waals surface area contributed by atoms with Crippen LogP contribution in [0.15, 0.2) is 36.8 Å². The Kier molecular flexibility index (Phi) is 5.01. The summed E-state index contributed by atoms with van der Waals surface area (Å²) in [7, 11) is 1.46. The molecule has 0 saturated heterocycles. The minimum Gasteiger partial charge on any atom is -0.494 e. The quantitative estimate of drug-likeness (QED) is 0.880. The second kappa shape index (κ2) is 6.96. The van der Waals surface area contributed by atoms with Crippen LogP contribution in [-0.2, 0) is 6.42 Å². The Morgan fingerprint density at radius 2 is 2.20 bits per heavy atom. The summed E-state index contributed by atoms with van der Waals surface area (Å²) in [5.74, 6) is -0.0901. The van der Waals surface area contributed by atoms with Crippen molar-refractivity contribution in [2.45, 2.75) is 19.4 Å². The van der Waals surface area contributed by atoms with Gasteiger partial charge in [-0.15, -0.1) is 0 Å². The van der Waals surface area contributed by atoms with Crippen molar-refractivity contribution in [2.24, 2.45) is 0 Å². The molecule has 0 saturated carbocycles. The summed E-state index contributed by atoms with van der Waals surface area (Å²) in [6, 6.07) is 5.02. The highest BCUT2D eigenvalue weighted by Gasteiger charge is 2.14. The number of nitrogens with one attached hydrogen (secondary N) is 1. The molecule has 20 heavy (non-hydrogen) atoms. The van der Waals surface area contributed by atoms with Crippen LogP contribution in [0.1, 0.15) is 24.2 Å². The number of ether oxygens (including phenoxy) is 1. The number of aromatic nitrogens is 2. The van der Waals surface area contributed by atoms with E-state index in [4.69, 9.17) is 4.74 Å². The van der Waals surface area contributed by atoms with E-state index in [0.717, 1.165) is 17.8 Å². The van der Waals surface area contributed by atoms with Gasteiger partial charge >= 0.3 is 0 Å². The van der Waals surface area contributed by atoms with Gasteiger partial charge in [-0.05, 0) is 30.7 Å². The molecule has 106 valence electrons. The van der Waals surface area contributed by atoms with E-state index in [1.807, 2.05) is 13.0 Å². The lowest BCUT2D eigenvalue weighted by Crippen LogP contribution is -2.24. The van der Waals surface area contributed by atoms with Gasteiger partial charge in [0.2, 0.25) is 0 Å². The maximum absolute atomic E-state index is 13.7. The van der Waals surface area contributed by atoms with Gasteiger partial charge in [0.25, 0.3) is 0 Å². The highest BCUT2D eigenvalue weighted by Crippen LogP contribution is 2.21. The third-order valence-corrected chi connectivity index (χ3v) is 3.05. The summed E-state index contributed by atoms with van der Waals surface area (Å²) in [6.07, 6.45) is 5.68. The molecule has 0 aliphatic rings. The molecule has 1 aromatic carbocycles. The SMILES string of the molecule is CCNC(Cc1ccc(OC)c(F)c1)c1cnccn1. The largest absolute Gasteiger partial charge is 0.494 e. The molecular formula is C15H18FN3O. The van der Waals surface area contributed by atoms with Crippen molar-refractivity contribution in [3.8, 4) is 5.75 Å². The molecule has 0 fully saturated rings. The fourth-order valence-electron chi connectivity index (χ4n) is 2.09. The van der Waals surface area contributed by atoms with E-state index in [2.05, 4.69) is 15.3 Å². The van der Waals surface area contributed by atoms with Crippen molar-refractivity contribution >= 4 is 0 Å². The zero-order chi connectivity index (χ0) is 14.4. The first kappa shape index (κ1) is 14.4. The molecule has 0 amide bonds. The van der Waals surface area contributed by atoms with Gasteiger partial charge in [0.1, 0.15) is 0 Å². The molecule has 1 aromatic heterocycles. The second-order valence-corrected chi connectivity index (χ2v) is 4.41. The summed E-state index contributed by atoms with van der Waals surface area (Å²) in [5, 5.41) is 3.34. The van der Waals surface area contributed by atoms with Crippen LogP contribution in [-0.4, -0.2) is 23.6 Å². The van der Waals surface area contributed by atoms with E-state index >= 15 is 0 Å². The Bertz CT molecular complexity index is 548. The predicted octanol–water partition coefficient (Wildman–Crippen LogP) is 2.52. The molecule has 5 heteroatoms. The Labute approximate surface area is 118 Å². The Hall–Kier alpha value is -2.01. The fraction of sp³-hybridized carbons (Fsp3) is 0.333. The zero-order valence-electron chi connectivity index (χ0n) is 11.6. The lowest BCUT2D eigenvalue weighted by Gasteiger charge is -2.17. The van der Waals surface area contributed by atoms with Gasteiger partial charge in [0, 0.05) is 18.6 Å². The van der Waals surface area contributed by atoms with Crippen LogP contribution in [0.4, 0.5) is 4.39 Å². The summed E-state index contributed by atoms with van der Waals surface area (Å²) < 4.78 is 18.6. The van der Waals surface area contributed by atoms with Gasteiger partial charge in [-0.3, -0.25) is 9.97 Å². The molecule has 1 N–H and O–H groups in total. The zero-order valence-corrected chi connectivity index (χ0v) is 11.6. The third kappa shape index (κ3) is 3.51. The average Bonchev–Trinajstić information content (AvgIpc) is 2.48. The lowest BCUT2D eigenvalue weighted by atomic mass is 10.0. The minimum absolute atomic E-state index is 0.0153. The van der Waals surface area contributed by atoms with Crippen molar-refractivity contribution < 1.29 is 9.13 Å². The number of hydrogen-bond donors (Lipinski definition) is 1. The number of rotatable bonds is 6. The number of likely N-dealkylation sites (N-methyl/N-ethyl adjacent to an activating group) is 1. The second-order valence-electron chi connectivity index (χ2n) is 4.41. The van der Waals surface area contributed by atoms with Crippen LogP contribution in [0.25, 0.3) is 0 Å². The van der Waals surface area contributed by atoms with E-state index in [-0.39, 0.29) is 17.6 Å². The topological polar surface area (TPSA) is 47.0 Å². The highest BCUT2D eigenvalue weighted by molar-refractivity contribution is 5.30. The van der Waals surface area contributed by atoms with Crippen molar-refractivity contribution in [3.05, 3.63) is 53.9 Å². The van der Waals surface area contributed by atoms with Gasteiger partial charge in [-0.25, -0.2) is 4.39 Å². The van der Waals surface area contributed by atoms with E-state index in [1.165, 1.54) is 13.2 Å². The van der Waals surface area contributed by atoms with Crippen LogP contribution in [0, 0.1) is 5.82 Å². The molecule has 1 atom stereocenters. The molecule has 0 spiro atoms. The first-order valence-corrected chi connectivity index (χ1v) is 6.56. The number of benzene rings is 1. The minimum atomic E-state index is -0.348.